The molecule has 0 saturated carbocycles. The number of carbonyl (C=O) groups is 2. The first-order valence-corrected chi connectivity index (χ1v) is 9.27. The van der Waals surface area contributed by atoms with Crippen LogP contribution in [0.2, 0.25) is 0 Å². The van der Waals surface area contributed by atoms with Crippen LogP contribution in [0.3, 0.4) is 0 Å². The molecule has 3 rings (SSSR count). The zero-order valence-electron chi connectivity index (χ0n) is 16.0. The number of hydrogen-bond donors (Lipinski definition) is 0. The highest BCUT2D eigenvalue weighted by atomic mass is 32.1. The maximum absolute atomic E-state index is 12.7. The van der Waals surface area contributed by atoms with Gasteiger partial charge in [0.1, 0.15) is 12.2 Å². The summed E-state index contributed by atoms with van der Waals surface area (Å²) in [6.45, 7) is 2.34. The molecule has 0 bridgehead atoms. The lowest BCUT2D eigenvalue weighted by Crippen LogP contribution is -2.23. The van der Waals surface area contributed by atoms with Gasteiger partial charge in [0.15, 0.2) is 16.3 Å². The van der Waals surface area contributed by atoms with Crippen molar-refractivity contribution in [3.05, 3.63) is 34.9 Å². The minimum atomic E-state index is -0.456. The Morgan fingerprint density at radius 3 is 2.54 bits per heavy atom. The average molecular weight is 404 g/mol. The highest BCUT2D eigenvalue weighted by Crippen LogP contribution is 2.33. The van der Waals surface area contributed by atoms with Gasteiger partial charge in [0.25, 0.3) is 5.91 Å². The van der Waals surface area contributed by atoms with E-state index in [1.807, 2.05) is 6.92 Å². The summed E-state index contributed by atoms with van der Waals surface area (Å²) in [5, 5.41) is 4.09. The van der Waals surface area contributed by atoms with Crippen LogP contribution in [0, 0.1) is 0 Å². The van der Waals surface area contributed by atoms with Crippen molar-refractivity contribution in [1.29, 1.82) is 0 Å². The minimum Gasteiger partial charge on any atom is -0.493 e. The van der Waals surface area contributed by atoms with Crippen LogP contribution in [0.15, 0.2) is 29.4 Å². The molecule has 0 aliphatic carbocycles. The molecular formula is C18H20N4O5S. The average Bonchev–Trinajstić information content (AvgIpc) is 3.31. The lowest BCUT2D eigenvalue weighted by molar-refractivity contribution is -0.141. The van der Waals surface area contributed by atoms with Crippen LogP contribution >= 0.6 is 11.3 Å². The molecule has 10 heteroatoms. The second kappa shape index (κ2) is 8.26. The van der Waals surface area contributed by atoms with Crippen molar-refractivity contribution in [2.24, 2.45) is 4.99 Å². The molecule has 1 aromatic carbocycles. The molecule has 0 fully saturated rings. The number of benzene rings is 1. The van der Waals surface area contributed by atoms with Gasteiger partial charge >= 0.3 is 5.97 Å². The highest BCUT2D eigenvalue weighted by molar-refractivity contribution is 7.16. The first kappa shape index (κ1) is 19.6. The van der Waals surface area contributed by atoms with Gasteiger partial charge in [-0.3, -0.25) is 14.3 Å². The number of rotatable bonds is 6. The van der Waals surface area contributed by atoms with Crippen LogP contribution in [0.5, 0.6) is 11.5 Å². The Kier molecular flexibility index (Phi) is 5.78. The highest BCUT2D eigenvalue weighted by Gasteiger charge is 2.17. The number of thiazole rings is 1. The summed E-state index contributed by atoms with van der Waals surface area (Å²) in [7, 11) is 4.38. The third-order valence-electron chi connectivity index (χ3n) is 4.14. The molecule has 2 heterocycles. The predicted molar refractivity (Wildman–Crippen MR) is 103 cm³/mol. The van der Waals surface area contributed by atoms with E-state index in [1.54, 1.807) is 40.8 Å². The number of fused-ring (bicyclic) bond motifs is 1. The van der Waals surface area contributed by atoms with Crippen molar-refractivity contribution in [3.63, 3.8) is 0 Å². The zero-order valence-corrected chi connectivity index (χ0v) is 16.8. The zero-order chi connectivity index (χ0) is 20.3. The fraction of sp³-hybridized carbons (Fsp3) is 0.333. The van der Waals surface area contributed by atoms with E-state index in [1.165, 1.54) is 25.6 Å². The largest absolute Gasteiger partial charge is 0.493 e. The molecule has 0 radical (unpaired) electrons. The van der Waals surface area contributed by atoms with Crippen molar-refractivity contribution < 1.29 is 23.8 Å². The molecule has 3 aromatic rings. The standard InChI is InChI=1S/C18H20N4O5S/c1-5-22-11(6-7-19-22)17(24)20-18-21(10-16(23)27-4)12-8-13(25-2)14(26-3)9-15(12)28-18/h6-9H,5,10H2,1-4H3. The summed E-state index contributed by atoms with van der Waals surface area (Å²) in [5.41, 5.74) is 1.06. The molecule has 0 saturated heterocycles. The van der Waals surface area contributed by atoms with E-state index in [-0.39, 0.29) is 6.54 Å². The van der Waals surface area contributed by atoms with E-state index in [2.05, 4.69) is 10.1 Å². The van der Waals surface area contributed by atoms with E-state index in [0.717, 1.165) is 4.70 Å². The Hall–Kier alpha value is -3.14. The van der Waals surface area contributed by atoms with Crippen molar-refractivity contribution in [1.82, 2.24) is 14.3 Å². The molecule has 0 aliphatic rings. The normalized spacial score (nSPS) is 11.6. The van der Waals surface area contributed by atoms with Gasteiger partial charge in [-0.15, -0.1) is 0 Å². The summed E-state index contributed by atoms with van der Waals surface area (Å²) in [5.74, 6) is 0.155. The summed E-state index contributed by atoms with van der Waals surface area (Å²) >= 11 is 1.27. The first-order chi connectivity index (χ1) is 13.5. The van der Waals surface area contributed by atoms with Crippen LogP contribution in [0.25, 0.3) is 10.2 Å². The number of hydrogen-bond acceptors (Lipinski definition) is 7. The number of aromatic nitrogens is 3. The lowest BCUT2D eigenvalue weighted by atomic mass is 10.3. The number of amides is 1. The summed E-state index contributed by atoms with van der Waals surface area (Å²) in [6, 6.07) is 5.14. The molecule has 2 aromatic heterocycles. The smallest absolute Gasteiger partial charge is 0.325 e. The number of esters is 1. The Labute approximate surface area is 164 Å². The molecule has 148 valence electrons. The van der Waals surface area contributed by atoms with Crippen LogP contribution < -0.4 is 14.3 Å². The van der Waals surface area contributed by atoms with Crippen molar-refractivity contribution in [2.45, 2.75) is 20.0 Å². The Morgan fingerprint density at radius 2 is 1.89 bits per heavy atom. The summed E-state index contributed by atoms with van der Waals surface area (Å²) in [4.78, 5) is 29.2. The van der Waals surface area contributed by atoms with Gasteiger partial charge < -0.3 is 18.8 Å². The molecule has 28 heavy (non-hydrogen) atoms. The van der Waals surface area contributed by atoms with Gasteiger partial charge in [-0.05, 0) is 13.0 Å². The predicted octanol–water partition coefficient (Wildman–Crippen LogP) is 1.85. The van der Waals surface area contributed by atoms with Crippen LogP contribution in [-0.4, -0.2) is 47.6 Å². The third-order valence-corrected chi connectivity index (χ3v) is 5.18. The quantitative estimate of drug-likeness (QED) is 0.582. The second-order valence-corrected chi connectivity index (χ2v) is 6.68. The van der Waals surface area contributed by atoms with Gasteiger partial charge in [0.2, 0.25) is 0 Å². The maximum atomic E-state index is 12.7. The molecular weight excluding hydrogens is 384 g/mol. The van der Waals surface area contributed by atoms with E-state index < -0.39 is 11.9 Å². The Morgan fingerprint density at radius 1 is 1.18 bits per heavy atom. The number of methoxy groups -OCH3 is 3. The van der Waals surface area contributed by atoms with Crippen LogP contribution in [-0.2, 0) is 22.6 Å². The molecule has 0 unspecified atom stereocenters. The van der Waals surface area contributed by atoms with Gasteiger partial charge in [-0.2, -0.15) is 10.1 Å². The minimum absolute atomic E-state index is 0.0921. The maximum Gasteiger partial charge on any atom is 0.325 e. The Bertz CT molecular complexity index is 1100. The van der Waals surface area contributed by atoms with Gasteiger partial charge in [0.05, 0.1) is 31.5 Å². The number of carbonyl (C=O) groups excluding carboxylic acids is 2. The van der Waals surface area contributed by atoms with E-state index >= 15 is 0 Å². The molecule has 0 aliphatic heterocycles. The summed E-state index contributed by atoms with van der Waals surface area (Å²) in [6.07, 6.45) is 1.55. The van der Waals surface area contributed by atoms with Gasteiger partial charge in [-0.25, -0.2) is 0 Å². The fourth-order valence-electron chi connectivity index (χ4n) is 2.74. The van der Waals surface area contributed by atoms with Crippen LogP contribution in [0.4, 0.5) is 0 Å². The van der Waals surface area contributed by atoms with Crippen molar-refractivity contribution in [3.8, 4) is 11.5 Å². The van der Waals surface area contributed by atoms with E-state index in [0.29, 0.717) is 34.1 Å². The third kappa shape index (κ3) is 3.63. The Balaban J connectivity index is 2.21. The number of ether oxygens (including phenoxy) is 3. The molecule has 1 amide bonds. The SMILES string of the molecule is CCn1nccc1C(=O)N=c1sc2cc(OC)c(OC)cc2n1CC(=O)OC. The number of nitrogens with zero attached hydrogens (tertiary/aromatic N) is 4. The van der Waals surface area contributed by atoms with E-state index in [9.17, 15) is 9.59 Å². The lowest BCUT2D eigenvalue weighted by Gasteiger charge is -2.09. The van der Waals surface area contributed by atoms with Crippen molar-refractivity contribution in [2.75, 3.05) is 21.3 Å². The van der Waals surface area contributed by atoms with Crippen molar-refractivity contribution >= 4 is 33.4 Å². The van der Waals surface area contributed by atoms with Gasteiger partial charge in [-0.1, -0.05) is 11.3 Å². The second-order valence-electron chi connectivity index (χ2n) is 5.67. The fourth-order valence-corrected chi connectivity index (χ4v) is 3.78. The first-order valence-electron chi connectivity index (χ1n) is 8.45. The molecule has 0 atom stereocenters. The van der Waals surface area contributed by atoms with E-state index in [4.69, 9.17) is 14.2 Å². The molecule has 9 nitrogen and oxygen atoms in total. The van der Waals surface area contributed by atoms with Gasteiger partial charge in [0, 0.05) is 24.9 Å². The van der Waals surface area contributed by atoms with Crippen LogP contribution in [0.1, 0.15) is 17.4 Å². The molecule has 0 N–H and O–H groups in total. The monoisotopic (exact) mass is 404 g/mol. The topological polar surface area (TPSA) is 96.9 Å². The molecule has 0 spiro atoms. The summed E-state index contributed by atoms with van der Waals surface area (Å²) < 4.78 is 19.5. The number of aryl methyl sites for hydroxylation is 1.